The molecule has 1 heterocycles. The lowest BCUT2D eigenvalue weighted by Crippen LogP contribution is -2.48. The third kappa shape index (κ3) is 5.12. The molecule has 0 atom stereocenters. The van der Waals surface area contributed by atoms with Gasteiger partial charge in [-0.3, -0.25) is 4.90 Å². The third-order valence-corrected chi connectivity index (χ3v) is 3.91. The number of unbranched alkanes of at least 4 members (excludes halogenated alkanes) is 2. The highest BCUT2D eigenvalue weighted by atomic mass is 15.3. The van der Waals surface area contributed by atoms with Crippen molar-refractivity contribution in [2.75, 3.05) is 26.2 Å². The molecule has 0 bridgehead atoms. The van der Waals surface area contributed by atoms with Gasteiger partial charge < -0.3 is 4.90 Å². The zero-order valence-electron chi connectivity index (χ0n) is 11.8. The summed E-state index contributed by atoms with van der Waals surface area (Å²) in [6, 6.07) is 0.835. The van der Waals surface area contributed by atoms with Crippen molar-refractivity contribution in [1.29, 1.82) is 0 Å². The lowest BCUT2D eigenvalue weighted by Gasteiger charge is -2.39. The van der Waals surface area contributed by atoms with E-state index in [0.29, 0.717) is 0 Å². The summed E-state index contributed by atoms with van der Waals surface area (Å²) < 4.78 is 0. The second kappa shape index (κ2) is 8.57. The summed E-state index contributed by atoms with van der Waals surface area (Å²) in [6.07, 6.45) is 10.2. The molecule has 0 aromatic heterocycles. The Hall–Kier alpha value is -0.500. The van der Waals surface area contributed by atoms with Gasteiger partial charge in [0.05, 0.1) is 0 Å². The first-order valence-electron chi connectivity index (χ1n) is 7.42. The van der Waals surface area contributed by atoms with Crippen LogP contribution in [0.1, 0.15) is 52.4 Å². The molecule has 1 rings (SSSR count). The van der Waals surface area contributed by atoms with Crippen LogP contribution in [-0.4, -0.2) is 42.0 Å². The molecule has 0 unspecified atom stereocenters. The summed E-state index contributed by atoms with van der Waals surface area (Å²) >= 11 is 0. The molecule has 2 nitrogen and oxygen atoms in total. The fourth-order valence-corrected chi connectivity index (χ4v) is 2.67. The minimum Gasteiger partial charge on any atom is -0.375 e. The molecule has 1 aliphatic rings. The highest BCUT2D eigenvalue weighted by molar-refractivity contribution is 4.82. The maximum Gasteiger partial charge on any atom is 0.0300 e. The molecule has 2 heteroatoms. The van der Waals surface area contributed by atoms with Gasteiger partial charge in [-0.2, -0.15) is 0 Å². The second-order valence-electron chi connectivity index (χ2n) is 5.19. The van der Waals surface area contributed by atoms with Crippen LogP contribution in [0.2, 0.25) is 0 Å². The Kier molecular flexibility index (Phi) is 7.34. The van der Waals surface area contributed by atoms with Crippen LogP contribution in [0.15, 0.2) is 12.8 Å². The zero-order valence-corrected chi connectivity index (χ0v) is 11.8. The fraction of sp³-hybridized carbons (Fsp3) is 0.867. The van der Waals surface area contributed by atoms with Crippen LogP contribution in [0.3, 0.4) is 0 Å². The van der Waals surface area contributed by atoms with E-state index in [9.17, 15) is 0 Å². The highest BCUT2D eigenvalue weighted by Gasteiger charge is 2.21. The molecule has 100 valence electrons. The van der Waals surface area contributed by atoms with Gasteiger partial charge in [-0.05, 0) is 19.0 Å². The second-order valence-corrected chi connectivity index (χ2v) is 5.19. The summed E-state index contributed by atoms with van der Waals surface area (Å²) in [5.74, 6) is 0. The predicted octanol–water partition coefficient (Wildman–Crippen LogP) is 3.50. The van der Waals surface area contributed by atoms with Crippen molar-refractivity contribution < 1.29 is 0 Å². The summed E-state index contributed by atoms with van der Waals surface area (Å²) in [5.41, 5.74) is 0. The van der Waals surface area contributed by atoms with Gasteiger partial charge in [-0.25, -0.2) is 0 Å². The molecule has 17 heavy (non-hydrogen) atoms. The van der Waals surface area contributed by atoms with Crippen molar-refractivity contribution >= 4 is 0 Å². The first-order chi connectivity index (χ1) is 8.31. The molecule has 1 aliphatic heterocycles. The van der Waals surface area contributed by atoms with Crippen LogP contribution in [0, 0.1) is 0 Å². The quantitative estimate of drug-likeness (QED) is 0.638. The number of hydrogen-bond donors (Lipinski definition) is 0. The Morgan fingerprint density at radius 1 is 1.00 bits per heavy atom. The summed E-state index contributed by atoms with van der Waals surface area (Å²) in [5, 5.41) is 0. The fourth-order valence-electron chi connectivity index (χ4n) is 2.67. The van der Waals surface area contributed by atoms with Crippen molar-refractivity contribution in [3.63, 3.8) is 0 Å². The standard InChI is InChI=1S/C15H30N2/c1-4-7-9-15(10-8-5-2)17-13-11-16(6-3)12-14-17/h6,15H,3-5,7-14H2,1-2H3. The lowest BCUT2D eigenvalue weighted by atomic mass is 10.0. The Morgan fingerprint density at radius 2 is 1.53 bits per heavy atom. The number of piperazine rings is 1. The SMILES string of the molecule is C=CN1CCN(C(CCCC)CCCC)CC1. The molecule has 0 amide bonds. The van der Waals surface area contributed by atoms with E-state index >= 15 is 0 Å². The Labute approximate surface area is 108 Å². The first kappa shape index (κ1) is 14.6. The number of rotatable bonds is 8. The predicted molar refractivity (Wildman–Crippen MR) is 76.2 cm³/mol. The summed E-state index contributed by atoms with van der Waals surface area (Å²) in [6.45, 7) is 13.2. The van der Waals surface area contributed by atoms with E-state index in [1.54, 1.807) is 0 Å². The van der Waals surface area contributed by atoms with Gasteiger partial charge in [0.2, 0.25) is 0 Å². The van der Waals surface area contributed by atoms with E-state index in [1.165, 1.54) is 51.6 Å². The van der Waals surface area contributed by atoms with Crippen LogP contribution in [-0.2, 0) is 0 Å². The topological polar surface area (TPSA) is 6.48 Å². The molecule has 0 spiro atoms. The Balaban J connectivity index is 2.37. The average molecular weight is 238 g/mol. The van der Waals surface area contributed by atoms with E-state index < -0.39 is 0 Å². The van der Waals surface area contributed by atoms with Crippen molar-refractivity contribution in [3.05, 3.63) is 12.8 Å². The average Bonchev–Trinajstić information content (AvgIpc) is 2.39. The Bertz CT molecular complexity index is 187. The number of nitrogens with zero attached hydrogens (tertiary/aromatic N) is 2. The summed E-state index contributed by atoms with van der Waals surface area (Å²) in [7, 11) is 0. The molecule has 0 aliphatic carbocycles. The van der Waals surface area contributed by atoms with Crippen LogP contribution in [0.5, 0.6) is 0 Å². The van der Waals surface area contributed by atoms with Crippen molar-refractivity contribution in [1.82, 2.24) is 9.80 Å². The largest absolute Gasteiger partial charge is 0.375 e. The van der Waals surface area contributed by atoms with Gasteiger partial charge >= 0.3 is 0 Å². The maximum atomic E-state index is 3.86. The monoisotopic (exact) mass is 238 g/mol. The van der Waals surface area contributed by atoms with E-state index in [2.05, 4.69) is 30.2 Å². The lowest BCUT2D eigenvalue weighted by molar-refractivity contribution is 0.109. The van der Waals surface area contributed by atoms with Gasteiger partial charge in [-0.15, -0.1) is 0 Å². The normalized spacial score (nSPS) is 17.7. The van der Waals surface area contributed by atoms with Crippen molar-refractivity contribution in [2.24, 2.45) is 0 Å². The molecule has 0 aromatic carbocycles. The van der Waals surface area contributed by atoms with E-state index in [1.807, 2.05) is 6.20 Å². The van der Waals surface area contributed by atoms with Crippen LogP contribution < -0.4 is 0 Å². The molecule has 0 N–H and O–H groups in total. The molecular weight excluding hydrogens is 208 g/mol. The molecule has 0 saturated carbocycles. The molecule has 1 saturated heterocycles. The van der Waals surface area contributed by atoms with Gasteiger partial charge in [-0.1, -0.05) is 46.1 Å². The minimum absolute atomic E-state index is 0.835. The van der Waals surface area contributed by atoms with Gasteiger partial charge in [0, 0.05) is 32.2 Å². The summed E-state index contributed by atoms with van der Waals surface area (Å²) in [4.78, 5) is 5.05. The maximum absolute atomic E-state index is 3.86. The Morgan fingerprint density at radius 3 is 1.94 bits per heavy atom. The molecule has 1 fully saturated rings. The molecule has 0 aromatic rings. The van der Waals surface area contributed by atoms with E-state index in [0.717, 1.165) is 19.1 Å². The molecule has 0 radical (unpaired) electrons. The van der Waals surface area contributed by atoms with Crippen LogP contribution in [0.4, 0.5) is 0 Å². The van der Waals surface area contributed by atoms with Gasteiger partial charge in [0.1, 0.15) is 0 Å². The zero-order chi connectivity index (χ0) is 12.5. The third-order valence-electron chi connectivity index (χ3n) is 3.91. The van der Waals surface area contributed by atoms with Gasteiger partial charge in [0.15, 0.2) is 0 Å². The molecular formula is C15H30N2. The van der Waals surface area contributed by atoms with Crippen molar-refractivity contribution in [2.45, 2.75) is 58.4 Å². The van der Waals surface area contributed by atoms with Crippen molar-refractivity contribution in [3.8, 4) is 0 Å². The smallest absolute Gasteiger partial charge is 0.0300 e. The van der Waals surface area contributed by atoms with E-state index in [-0.39, 0.29) is 0 Å². The van der Waals surface area contributed by atoms with Crippen LogP contribution >= 0.6 is 0 Å². The first-order valence-corrected chi connectivity index (χ1v) is 7.42. The van der Waals surface area contributed by atoms with Crippen LogP contribution in [0.25, 0.3) is 0 Å². The van der Waals surface area contributed by atoms with E-state index in [4.69, 9.17) is 0 Å². The van der Waals surface area contributed by atoms with Gasteiger partial charge in [0.25, 0.3) is 0 Å². The minimum atomic E-state index is 0.835. The highest BCUT2D eigenvalue weighted by Crippen LogP contribution is 2.17. The number of hydrogen-bond acceptors (Lipinski definition) is 2.